The van der Waals surface area contributed by atoms with Crippen LogP contribution in [-0.2, 0) is 5.60 Å². The van der Waals surface area contributed by atoms with E-state index in [2.05, 4.69) is 10.1 Å². The van der Waals surface area contributed by atoms with Crippen LogP contribution in [0.5, 0.6) is 5.75 Å². The second-order valence-corrected chi connectivity index (χ2v) is 4.10. The number of hydrogen-bond acceptors (Lipinski definition) is 3. The van der Waals surface area contributed by atoms with Crippen molar-refractivity contribution >= 4 is 0 Å². The highest BCUT2D eigenvalue weighted by Crippen LogP contribution is 2.33. The second-order valence-electron chi connectivity index (χ2n) is 4.10. The molecule has 1 aromatic carbocycles. The van der Waals surface area contributed by atoms with Crippen molar-refractivity contribution in [3.63, 3.8) is 0 Å². The maximum Gasteiger partial charge on any atom is 0.573 e. The van der Waals surface area contributed by atoms with E-state index in [0.29, 0.717) is 6.54 Å². The fourth-order valence-corrected chi connectivity index (χ4v) is 1.59. The Bertz CT molecular complexity index is 391. The van der Waals surface area contributed by atoms with E-state index in [1.165, 1.54) is 25.1 Å². The van der Waals surface area contributed by atoms with Gasteiger partial charge in [0.15, 0.2) is 0 Å². The van der Waals surface area contributed by atoms with Crippen LogP contribution in [0, 0.1) is 0 Å². The number of aliphatic hydroxyl groups is 1. The molecule has 6 heteroatoms. The van der Waals surface area contributed by atoms with Crippen molar-refractivity contribution in [2.45, 2.75) is 25.8 Å². The molecule has 0 aliphatic carbocycles. The quantitative estimate of drug-likeness (QED) is 0.857. The van der Waals surface area contributed by atoms with Crippen molar-refractivity contribution in [1.82, 2.24) is 5.32 Å². The predicted octanol–water partition coefficient (Wildman–Crippen LogP) is 2.40. The molecule has 0 fully saturated rings. The van der Waals surface area contributed by atoms with Gasteiger partial charge < -0.3 is 15.2 Å². The van der Waals surface area contributed by atoms with Gasteiger partial charge in [0.05, 0.1) is 0 Å². The van der Waals surface area contributed by atoms with Gasteiger partial charge in [0.25, 0.3) is 0 Å². The molecule has 102 valence electrons. The summed E-state index contributed by atoms with van der Waals surface area (Å²) >= 11 is 0. The van der Waals surface area contributed by atoms with E-state index in [4.69, 9.17) is 0 Å². The topological polar surface area (TPSA) is 41.5 Å². The molecular formula is C12H16F3NO2. The highest BCUT2D eigenvalue weighted by Gasteiger charge is 2.35. The summed E-state index contributed by atoms with van der Waals surface area (Å²) in [4.78, 5) is 0. The number of ether oxygens (including phenoxy) is 1. The lowest BCUT2D eigenvalue weighted by Crippen LogP contribution is -2.36. The number of para-hydroxylation sites is 1. The van der Waals surface area contributed by atoms with Crippen molar-refractivity contribution in [2.24, 2.45) is 0 Å². The Morgan fingerprint density at radius 2 is 1.89 bits per heavy atom. The van der Waals surface area contributed by atoms with Gasteiger partial charge in [-0.15, -0.1) is 13.2 Å². The average Bonchev–Trinajstić information content (AvgIpc) is 2.25. The van der Waals surface area contributed by atoms with Gasteiger partial charge in [-0.1, -0.05) is 25.1 Å². The highest BCUT2D eigenvalue weighted by molar-refractivity contribution is 5.38. The summed E-state index contributed by atoms with van der Waals surface area (Å²) < 4.78 is 40.6. The van der Waals surface area contributed by atoms with Crippen LogP contribution < -0.4 is 10.1 Å². The standard InChI is InChI=1S/C12H16F3NO2/c1-3-16-8-11(2,17)9-6-4-5-7-10(9)18-12(13,14)15/h4-7,16-17H,3,8H2,1-2H3. The molecule has 1 unspecified atom stereocenters. The number of likely N-dealkylation sites (N-methyl/N-ethyl adjacent to an activating group) is 1. The Balaban J connectivity index is 3.00. The van der Waals surface area contributed by atoms with E-state index in [0.717, 1.165) is 0 Å². The van der Waals surface area contributed by atoms with Gasteiger partial charge >= 0.3 is 6.36 Å². The Morgan fingerprint density at radius 1 is 1.28 bits per heavy atom. The molecule has 0 bridgehead atoms. The third kappa shape index (κ3) is 4.19. The molecule has 1 atom stereocenters. The number of hydrogen-bond donors (Lipinski definition) is 2. The summed E-state index contributed by atoms with van der Waals surface area (Å²) in [5.41, 5.74) is -1.33. The highest BCUT2D eigenvalue weighted by atomic mass is 19.4. The van der Waals surface area contributed by atoms with Crippen molar-refractivity contribution in [1.29, 1.82) is 0 Å². The molecule has 0 aromatic heterocycles. The van der Waals surface area contributed by atoms with E-state index in [9.17, 15) is 18.3 Å². The maximum absolute atomic E-state index is 12.2. The van der Waals surface area contributed by atoms with Crippen LogP contribution in [0.3, 0.4) is 0 Å². The van der Waals surface area contributed by atoms with Crippen LogP contribution in [0.2, 0.25) is 0 Å². The summed E-state index contributed by atoms with van der Waals surface area (Å²) in [6, 6.07) is 5.58. The van der Waals surface area contributed by atoms with E-state index >= 15 is 0 Å². The molecule has 3 nitrogen and oxygen atoms in total. The van der Waals surface area contributed by atoms with Gasteiger partial charge in [0.2, 0.25) is 0 Å². The largest absolute Gasteiger partial charge is 0.573 e. The van der Waals surface area contributed by atoms with Crippen LogP contribution in [0.25, 0.3) is 0 Å². The molecule has 0 amide bonds. The van der Waals surface area contributed by atoms with Crippen LogP contribution >= 0.6 is 0 Å². The summed E-state index contributed by atoms with van der Waals surface area (Å²) in [7, 11) is 0. The van der Waals surface area contributed by atoms with E-state index in [1.54, 1.807) is 6.07 Å². The van der Waals surface area contributed by atoms with Crippen molar-refractivity contribution < 1.29 is 23.0 Å². The summed E-state index contributed by atoms with van der Waals surface area (Å²) in [5, 5.41) is 13.1. The molecule has 18 heavy (non-hydrogen) atoms. The summed E-state index contributed by atoms with van der Waals surface area (Å²) in [5.74, 6) is -0.382. The lowest BCUT2D eigenvalue weighted by molar-refractivity contribution is -0.275. The minimum atomic E-state index is -4.77. The van der Waals surface area contributed by atoms with Crippen molar-refractivity contribution in [3.8, 4) is 5.75 Å². The molecule has 0 saturated carbocycles. The lowest BCUT2D eigenvalue weighted by atomic mass is 9.95. The van der Waals surface area contributed by atoms with Crippen LogP contribution in [0.1, 0.15) is 19.4 Å². The normalized spacial score (nSPS) is 15.2. The van der Waals surface area contributed by atoms with Crippen LogP contribution in [-0.4, -0.2) is 24.6 Å². The fourth-order valence-electron chi connectivity index (χ4n) is 1.59. The minimum absolute atomic E-state index is 0.100. The first-order valence-corrected chi connectivity index (χ1v) is 5.54. The first-order chi connectivity index (χ1) is 8.26. The van der Waals surface area contributed by atoms with Crippen molar-refractivity contribution in [2.75, 3.05) is 13.1 Å². The third-order valence-electron chi connectivity index (χ3n) is 2.41. The number of rotatable bonds is 5. The van der Waals surface area contributed by atoms with Crippen molar-refractivity contribution in [3.05, 3.63) is 29.8 Å². The average molecular weight is 263 g/mol. The molecule has 0 spiro atoms. The van der Waals surface area contributed by atoms with Gasteiger partial charge in [-0.2, -0.15) is 0 Å². The monoisotopic (exact) mass is 263 g/mol. The molecule has 0 saturated heterocycles. The second kappa shape index (κ2) is 5.58. The zero-order chi connectivity index (χ0) is 13.8. The predicted molar refractivity (Wildman–Crippen MR) is 61.2 cm³/mol. The molecular weight excluding hydrogens is 247 g/mol. The Morgan fingerprint density at radius 3 is 2.44 bits per heavy atom. The first kappa shape index (κ1) is 14.8. The zero-order valence-electron chi connectivity index (χ0n) is 10.2. The van der Waals surface area contributed by atoms with Gasteiger partial charge in [-0.05, 0) is 19.5 Å². The van der Waals surface area contributed by atoms with Crippen LogP contribution in [0.15, 0.2) is 24.3 Å². The molecule has 2 N–H and O–H groups in total. The molecule has 0 aliphatic heterocycles. The lowest BCUT2D eigenvalue weighted by Gasteiger charge is -2.26. The van der Waals surface area contributed by atoms with E-state index < -0.39 is 12.0 Å². The summed E-state index contributed by atoms with van der Waals surface area (Å²) in [6.07, 6.45) is -4.77. The smallest absolute Gasteiger partial charge is 0.405 e. The summed E-state index contributed by atoms with van der Waals surface area (Å²) in [6.45, 7) is 4.03. The third-order valence-corrected chi connectivity index (χ3v) is 2.41. The van der Waals surface area contributed by atoms with Gasteiger partial charge in [-0.3, -0.25) is 0 Å². The fraction of sp³-hybridized carbons (Fsp3) is 0.500. The molecule has 0 aliphatic rings. The van der Waals surface area contributed by atoms with Gasteiger partial charge in [0, 0.05) is 12.1 Å². The number of halogens is 3. The SMILES string of the molecule is CCNCC(C)(O)c1ccccc1OC(F)(F)F. The molecule has 1 aromatic rings. The number of benzene rings is 1. The first-order valence-electron chi connectivity index (χ1n) is 5.54. The number of nitrogens with one attached hydrogen (secondary N) is 1. The van der Waals surface area contributed by atoms with Gasteiger partial charge in [-0.25, -0.2) is 0 Å². The van der Waals surface area contributed by atoms with Crippen LogP contribution in [0.4, 0.5) is 13.2 Å². The van der Waals surface area contributed by atoms with E-state index in [1.807, 2.05) is 6.92 Å². The Kier molecular flexibility index (Phi) is 4.59. The molecule has 1 rings (SSSR count). The Hall–Kier alpha value is -1.27. The molecule has 0 radical (unpaired) electrons. The zero-order valence-corrected chi connectivity index (χ0v) is 10.2. The van der Waals surface area contributed by atoms with E-state index in [-0.39, 0.29) is 17.9 Å². The Labute approximate surface area is 104 Å². The molecule has 0 heterocycles. The number of alkyl halides is 3. The maximum atomic E-state index is 12.2. The minimum Gasteiger partial charge on any atom is -0.405 e. The van der Waals surface area contributed by atoms with Gasteiger partial charge in [0.1, 0.15) is 11.4 Å².